The zero-order valence-electron chi connectivity index (χ0n) is 10.9. The number of nitrogens with two attached hydrogens (primary N) is 1. The maximum Gasteiger partial charge on any atom is 0.151 e. The minimum atomic E-state index is -3.12. The first-order valence-corrected chi connectivity index (χ1v) is 8.30. The van der Waals surface area contributed by atoms with Crippen molar-refractivity contribution in [2.45, 2.75) is 12.5 Å². The monoisotopic (exact) mass is 295 g/mol. The Balaban J connectivity index is 2.00. The fourth-order valence-corrected chi connectivity index (χ4v) is 4.99. The highest BCUT2D eigenvalue weighted by molar-refractivity contribution is 7.91. The summed E-state index contributed by atoms with van der Waals surface area (Å²) in [5, 5.41) is 10.6. The topological polar surface area (TPSA) is 97.7 Å². The maximum absolute atomic E-state index is 11.7. The van der Waals surface area contributed by atoms with Gasteiger partial charge in [-0.05, 0) is 18.6 Å². The fourth-order valence-electron chi connectivity index (χ4n) is 2.83. The molecule has 0 aromatic carbocycles. The second kappa shape index (κ2) is 4.54. The summed E-state index contributed by atoms with van der Waals surface area (Å²) in [5.41, 5.74) is 6.13. The molecule has 108 valence electrons. The number of pyridine rings is 1. The molecule has 3 heterocycles. The number of hydrogen-bond acceptors (Lipinski definition) is 5. The standard InChI is InChI=1S/C13H17N3O3S/c14-8-13(4-6-20(18,19)9-13)12(17)10-7-16-5-2-1-3-11(16)15-10/h1-3,5,7,12,17H,4,6,8-9,14H2. The lowest BCUT2D eigenvalue weighted by atomic mass is 9.80. The molecule has 3 rings (SSSR count). The second-order valence-electron chi connectivity index (χ2n) is 5.44. The van der Waals surface area contributed by atoms with Crippen molar-refractivity contribution in [2.24, 2.45) is 11.1 Å². The first kappa shape index (κ1) is 13.5. The van der Waals surface area contributed by atoms with Gasteiger partial charge in [-0.3, -0.25) is 0 Å². The molecular formula is C13H17N3O3S. The van der Waals surface area contributed by atoms with Crippen LogP contribution in [0.1, 0.15) is 18.2 Å². The SMILES string of the molecule is NCC1(C(O)c2cn3ccccc3n2)CCS(=O)(=O)C1. The van der Waals surface area contributed by atoms with Gasteiger partial charge in [0.05, 0.1) is 17.2 Å². The van der Waals surface area contributed by atoms with Crippen LogP contribution in [0.2, 0.25) is 0 Å². The quantitative estimate of drug-likeness (QED) is 0.839. The van der Waals surface area contributed by atoms with Crippen LogP contribution in [0.25, 0.3) is 5.65 Å². The largest absolute Gasteiger partial charge is 0.386 e. The van der Waals surface area contributed by atoms with E-state index in [0.29, 0.717) is 12.1 Å². The summed E-state index contributed by atoms with van der Waals surface area (Å²) in [5.74, 6) is 0.000168. The summed E-state index contributed by atoms with van der Waals surface area (Å²) in [4.78, 5) is 4.36. The van der Waals surface area contributed by atoms with Crippen LogP contribution in [-0.2, 0) is 9.84 Å². The molecule has 0 aliphatic carbocycles. The molecule has 2 atom stereocenters. The minimum Gasteiger partial charge on any atom is -0.386 e. The molecule has 6 nitrogen and oxygen atoms in total. The van der Waals surface area contributed by atoms with Crippen molar-refractivity contribution >= 4 is 15.5 Å². The van der Waals surface area contributed by atoms with Crippen LogP contribution in [0.3, 0.4) is 0 Å². The molecule has 7 heteroatoms. The number of aromatic nitrogens is 2. The summed E-state index contributed by atoms with van der Waals surface area (Å²) >= 11 is 0. The van der Waals surface area contributed by atoms with Gasteiger partial charge in [0.15, 0.2) is 9.84 Å². The first-order chi connectivity index (χ1) is 9.46. The van der Waals surface area contributed by atoms with Gasteiger partial charge in [0.2, 0.25) is 0 Å². The molecule has 0 saturated carbocycles. The van der Waals surface area contributed by atoms with Gasteiger partial charge in [0.25, 0.3) is 0 Å². The summed E-state index contributed by atoms with van der Waals surface area (Å²) in [6, 6.07) is 5.55. The first-order valence-electron chi connectivity index (χ1n) is 6.48. The molecule has 2 aromatic heterocycles. The van der Waals surface area contributed by atoms with E-state index < -0.39 is 21.4 Å². The second-order valence-corrected chi connectivity index (χ2v) is 7.63. The van der Waals surface area contributed by atoms with E-state index in [1.807, 2.05) is 24.4 Å². The molecule has 20 heavy (non-hydrogen) atoms. The van der Waals surface area contributed by atoms with Gasteiger partial charge in [-0.25, -0.2) is 13.4 Å². The van der Waals surface area contributed by atoms with Crippen molar-refractivity contribution in [1.29, 1.82) is 0 Å². The third-order valence-corrected chi connectivity index (χ3v) is 5.91. The summed E-state index contributed by atoms with van der Waals surface area (Å²) < 4.78 is 25.2. The number of rotatable bonds is 3. The summed E-state index contributed by atoms with van der Waals surface area (Å²) in [7, 11) is -3.12. The molecule has 2 unspecified atom stereocenters. The lowest BCUT2D eigenvalue weighted by molar-refractivity contribution is 0.0441. The lowest BCUT2D eigenvalue weighted by Crippen LogP contribution is -2.38. The average Bonchev–Trinajstić information content (AvgIpc) is 2.99. The molecule has 1 saturated heterocycles. The van der Waals surface area contributed by atoms with Crippen LogP contribution in [0.15, 0.2) is 30.6 Å². The Morgan fingerprint density at radius 2 is 2.30 bits per heavy atom. The Morgan fingerprint density at radius 3 is 2.90 bits per heavy atom. The smallest absolute Gasteiger partial charge is 0.151 e. The normalized spacial score (nSPS) is 26.9. The summed E-state index contributed by atoms with van der Waals surface area (Å²) in [6.07, 6.45) is 2.96. The van der Waals surface area contributed by atoms with Crippen LogP contribution >= 0.6 is 0 Å². The van der Waals surface area contributed by atoms with Gasteiger partial charge in [0, 0.05) is 24.4 Å². The zero-order chi connectivity index (χ0) is 14.4. The van der Waals surface area contributed by atoms with Crippen molar-refractivity contribution < 1.29 is 13.5 Å². The fraction of sp³-hybridized carbons (Fsp3) is 0.462. The van der Waals surface area contributed by atoms with Crippen LogP contribution < -0.4 is 5.73 Å². The van der Waals surface area contributed by atoms with Crippen LogP contribution in [0, 0.1) is 5.41 Å². The number of aliphatic hydroxyl groups is 1. The highest BCUT2D eigenvalue weighted by atomic mass is 32.2. The van der Waals surface area contributed by atoms with Crippen LogP contribution in [0.4, 0.5) is 0 Å². The van der Waals surface area contributed by atoms with E-state index in [1.165, 1.54) is 0 Å². The number of fused-ring (bicyclic) bond motifs is 1. The molecule has 0 amide bonds. The molecular weight excluding hydrogens is 278 g/mol. The van der Waals surface area contributed by atoms with Crippen molar-refractivity contribution in [2.75, 3.05) is 18.1 Å². The molecule has 1 aliphatic heterocycles. The molecule has 1 fully saturated rings. The Bertz CT molecular complexity index is 707. The maximum atomic E-state index is 11.7. The van der Waals surface area contributed by atoms with E-state index >= 15 is 0 Å². The van der Waals surface area contributed by atoms with Gasteiger partial charge in [0.1, 0.15) is 11.8 Å². The molecule has 0 spiro atoms. The Kier molecular flexibility index (Phi) is 3.07. The number of imidazole rings is 1. The Hall–Kier alpha value is -1.44. The molecule has 3 N–H and O–H groups in total. The van der Waals surface area contributed by atoms with E-state index in [9.17, 15) is 13.5 Å². The van der Waals surface area contributed by atoms with Gasteiger partial charge in [-0.1, -0.05) is 6.07 Å². The van der Waals surface area contributed by atoms with Crippen molar-refractivity contribution in [3.05, 3.63) is 36.3 Å². The van der Waals surface area contributed by atoms with Crippen LogP contribution in [-0.4, -0.2) is 41.0 Å². The number of nitrogens with zero attached hydrogens (tertiary/aromatic N) is 2. The van der Waals surface area contributed by atoms with Crippen LogP contribution in [0.5, 0.6) is 0 Å². The highest BCUT2D eigenvalue weighted by Crippen LogP contribution is 2.42. The molecule has 0 bridgehead atoms. The lowest BCUT2D eigenvalue weighted by Gasteiger charge is -2.30. The average molecular weight is 295 g/mol. The van der Waals surface area contributed by atoms with Gasteiger partial charge < -0.3 is 15.2 Å². The third-order valence-electron chi connectivity index (χ3n) is 4.07. The minimum absolute atomic E-state index is 0.0778. The van der Waals surface area contributed by atoms with Crippen molar-refractivity contribution in [3.8, 4) is 0 Å². The van der Waals surface area contributed by atoms with E-state index in [4.69, 9.17) is 5.73 Å². The van der Waals surface area contributed by atoms with E-state index in [2.05, 4.69) is 4.98 Å². The molecule has 1 aliphatic rings. The van der Waals surface area contributed by atoms with E-state index in [0.717, 1.165) is 5.65 Å². The van der Waals surface area contributed by atoms with E-state index in [-0.39, 0.29) is 18.1 Å². The van der Waals surface area contributed by atoms with E-state index in [1.54, 1.807) is 10.6 Å². The summed E-state index contributed by atoms with van der Waals surface area (Å²) in [6.45, 7) is 0.126. The van der Waals surface area contributed by atoms with Gasteiger partial charge in [-0.2, -0.15) is 0 Å². The molecule has 0 radical (unpaired) electrons. The van der Waals surface area contributed by atoms with Gasteiger partial charge >= 0.3 is 0 Å². The Morgan fingerprint density at radius 1 is 1.50 bits per heavy atom. The molecule has 2 aromatic rings. The number of sulfone groups is 1. The number of hydrogen-bond donors (Lipinski definition) is 2. The highest BCUT2D eigenvalue weighted by Gasteiger charge is 2.47. The van der Waals surface area contributed by atoms with Crippen molar-refractivity contribution in [1.82, 2.24) is 9.38 Å². The predicted molar refractivity (Wildman–Crippen MR) is 74.9 cm³/mol. The third kappa shape index (κ3) is 2.11. The van der Waals surface area contributed by atoms with Gasteiger partial charge in [-0.15, -0.1) is 0 Å². The Labute approximate surface area is 117 Å². The van der Waals surface area contributed by atoms with Crippen molar-refractivity contribution in [3.63, 3.8) is 0 Å². The number of aliphatic hydroxyl groups excluding tert-OH is 1. The predicted octanol–water partition coefficient (Wildman–Crippen LogP) is 0.131. The zero-order valence-corrected chi connectivity index (χ0v) is 11.8.